The Labute approximate surface area is 63.7 Å². The van der Waals surface area contributed by atoms with Crippen LogP contribution in [-0.2, 0) is 0 Å². The number of allylic oxidation sites excluding steroid dienone is 4. The highest BCUT2D eigenvalue weighted by atomic mass is 35.5. The second-order valence-corrected chi connectivity index (χ2v) is 3.89. The molecule has 0 fully saturated rings. The van der Waals surface area contributed by atoms with Gasteiger partial charge in [-0.05, 0) is 6.08 Å². The second kappa shape index (κ2) is 4.59. The molecule has 50 valence electrons. The third kappa shape index (κ3) is 5.60. The van der Waals surface area contributed by atoms with Crippen molar-refractivity contribution in [2.45, 2.75) is 6.55 Å². The maximum absolute atomic E-state index is 5.47. The van der Waals surface area contributed by atoms with Crippen LogP contribution in [-0.4, -0.2) is 9.52 Å². The molecule has 0 atom stereocenters. The quantitative estimate of drug-likeness (QED) is 0.436. The molecule has 0 aliphatic heterocycles. The fourth-order valence-electron chi connectivity index (χ4n) is 0.326. The van der Waals surface area contributed by atoms with Crippen molar-refractivity contribution in [1.29, 1.82) is 0 Å². The maximum Gasteiger partial charge on any atom is 0.0509 e. The molecule has 0 aliphatic carbocycles. The Bertz CT molecular complexity index is 147. The van der Waals surface area contributed by atoms with Gasteiger partial charge < -0.3 is 0 Å². The fraction of sp³-hybridized carbons (Fsp3) is 0.143. The molecule has 0 rings (SSSR count). The number of hydrogen-bond acceptors (Lipinski definition) is 0. The topological polar surface area (TPSA) is 0 Å². The average Bonchev–Trinajstić information content (AvgIpc) is 1.83. The first kappa shape index (κ1) is 8.73. The minimum absolute atomic E-state index is 0.0856. The monoisotopic (exact) mass is 158 g/mol. The molecule has 0 nitrogen and oxygen atoms in total. The van der Waals surface area contributed by atoms with Gasteiger partial charge in [0.15, 0.2) is 0 Å². The van der Waals surface area contributed by atoms with E-state index in [1.54, 1.807) is 6.08 Å². The van der Waals surface area contributed by atoms with E-state index in [9.17, 15) is 0 Å². The summed E-state index contributed by atoms with van der Waals surface area (Å²) in [6.07, 6.45) is 3.71. The minimum Gasteiger partial charge on any atom is -0.100 e. The van der Waals surface area contributed by atoms with Gasteiger partial charge in [0.25, 0.3) is 0 Å². The standard InChI is InChI=1S/C7H11ClSi/c1-6(8)4-5-7(2)9-3/h4-5H,1-2,9H2,3H3. The molecule has 0 unspecified atom stereocenters. The summed E-state index contributed by atoms with van der Waals surface area (Å²) in [5.74, 6) is 0. The van der Waals surface area contributed by atoms with E-state index in [0.717, 1.165) is 0 Å². The predicted molar refractivity (Wildman–Crippen MR) is 47.7 cm³/mol. The zero-order chi connectivity index (χ0) is 7.28. The summed E-state index contributed by atoms with van der Waals surface area (Å²) in [4.78, 5) is 0. The third-order valence-electron chi connectivity index (χ3n) is 0.954. The lowest BCUT2D eigenvalue weighted by Gasteiger charge is -1.88. The van der Waals surface area contributed by atoms with Crippen LogP contribution >= 0.6 is 11.6 Å². The van der Waals surface area contributed by atoms with Crippen LogP contribution < -0.4 is 0 Å². The zero-order valence-electron chi connectivity index (χ0n) is 5.65. The van der Waals surface area contributed by atoms with Crippen molar-refractivity contribution in [2.75, 3.05) is 0 Å². The highest BCUT2D eigenvalue weighted by Crippen LogP contribution is 2.00. The largest absolute Gasteiger partial charge is 0.100 e. The first-order chi connectivity index (χ1) is 4.16. The van der Waals surface area contributed by atoms with Crippen molar-refractivity contribution in [1.82, 2.24) is 0 Å². The molecule has 0 heterocycles. The summed E-state index contributed by atoms with van der Waals surface area (Å²) in [6.45, 7) is 9.52. The van der Waals surface area contributed by atoms with Crippen LogP contribution in [0, 0.1) is 0 Å². The van der Waals surface area contributed by atoms with E-state index in [2.05, 4.69) is 19.7 Å². The highest BCUT2D eigenvalue weighted by molar-refractivity contribution is 6.44. The van der Waals surface area contributed by atoms with Gasteiger partial charge in [-0.3, -0.25) is 0 Å². The molecule has 0 aromatic rings. The molecular formula is C7H11ClSi. The van der Waals surface area contributed by atoms with Crippen molar-refractivity contribution in [3.05, 3.63) is 35.5 Å². The van der Waals surface area contributed by atoms with Crippen LogP contribution in [0.5, 0.6) is 0 Å². The van der Waals surface area contributed by atoms with Gasteiger partial charge in [-0.1, -0.05) is 36.0 Å². The molecule has 0 amide bonds. The molecular weight excluding hydrogens is 148 g/mol. The molecule has 0 bridgehead atoms. The Kier molecular flexibility index (Phi) is 4.45. The fourth-order valence-corrected chi connectivity index (χ4v) is 0.743. The predicted octanol–water partition coefficient (Wildman–Crippen LogP) is 2.03. The van der Waals surface area contributed by atoms with Crippen molar-refractivity contribution in [3.8, 4) is 0 Å². The number of halogens is 1. The van der Waals surface area contributed by atoms with E-state index in [1.165, 1.54) is 5.20 Å². The number of rotatable bonds is 3. The van der Waals surface area contributed by atoms with E-state index in [4.69, 9.17) is 11.6 Å². The zero-order valence-corrected chi connectivity index (χ0v) is 7.82. The summed E-state index contributed by atoms with van der Waals surface area (Å²) in [7, 11) is -0.0856. The van der Waals surface area contributed by atoms with Crippen LogP contribution in [0.1, 0.15) is 0 Å². The van der Waals surface area contributed by atoms with E-state index < -0.39 is 0 Å². The molecule has 0 spiro atoms. The molecule has 0 aromatic carbocycles. The highest BCUT2D eigenvalue weighted by Gasteiger charge is 1.81. The van der Waals surface area contributed by atoms with Gasteiger partial charge in [0.2, 0.25) is 0 Å². The Balaban J connectivity index is 3.71. The van der Waals surface area contributed by atoms with Crippen molar-refractivity contribution < 1.29 is 0 Å². The van der Waals surface area contributed by atoms with Crippen LogP contribution in [0.3, 0.4) is 0 Å². The molecule has 0 saturated carbocycles. The molecule has 0 saturated heterocycles. The molecule has 0 aromatic heterocycles. The van der Waals surface area contributed by atoms with Gasteiger partial charge in [-0.15, -0.1) is 6.58 Å². The summed E-state index contributed by atoms with van der Waals surface area (Å²) < 4.78 is 0. The first-order valence-corrected chi connectivity index (χ1v) is 5.37. The summed E-state index contributed by atoms with van der Waals surface area (Å²) in [5.41, 5.74) is 0. The lowest BCUT2D eigenvalue weighted by atomic mass is 10.5. The van der Waals surface area contributed by atoms with Crippen LogP contribution in [0.15, 0.2) is 35.5 Å². The van der Waals surface area contributed by atoms with Crippen LogP contribution in [0.4, 0.5) is 0 Å². The smallest absolute Gasteiger partial charge is 0.0509 e. The Morgan fingerprint density at radius 1 is 1.44 bits per heavy atom. The van der Waals surface area contributed by atoms with E-state index in [1.807, 2.05) is 6.08 Å². The van der Waals surface area contributed by atoms with Crippen LogP contribution in [0.25, 0.3) is 0 Å². The first-order valence-electron chi connectivity index (χ1n) is 2.87. The second-order valence-electron chi connectivity index (χ2n) is 1.79. The molecule has 9 heavy (non-hydrogen) atoms. The van der Waals surface area contributed by atoms with Gasteiger partial charge in [-0.25, -0.2) is 0 Å². The molecule has 0 aliphatic rings. The minimum atomic E-state index is -0.0856. The summed E-state index contributed by atoms with van der Waals surface area (Å²) in [6, 6.07) is 0. The number of hydrogen-bond donors (Lipinski definition) is 0. The van der Waals surface area contributed by atoms with E-state index >= 15 is 0 Å². The molecule has 2 heteroatoms. The molecule has 0 radical (unpaired) electrons. The Hall–Kier alpha value is -0.273. The van der Waals surface area contributed by atoms with Crippen molar-refractivity contribution in [3.63, 3.8) is 0 Å². The Morgan fingerprint density at radius 3 is 2.33 bits per heavy atom. The van der Waals surface area contributed by atoms with E-state index in [-0.39, 0.29) is 9.52 Å². The van der Waals surface area contributed by atoms with Gasteiger partial charge in [0, 0.05) is 5.03 Å². The van der Waals surface area contributed by atoms with Gasteiger partial charge >= 0.3 is 0 Å². The van der Waals surface area contributed by atoms with Crippen molar-refractivity contribution >= 4 is 21.1 Å². The lowest BCUT2D eigenvalue weighted by Crippen LogP contribution is -1.81. The SMILES string of the molecule is C=C(Cl)C=CC(=C)[SiH2]C. The summed E-state index contributed by atoms with van der Waals surface area (Å²) >= 11 is 5.47. The lowest BCUT2D eigenvalue weighted by molar-refractivity contribution is 1.85. The third-order valence-corrected chi connectivity index (χ3v) is 2.22. The van der Waals surface area contributed by atoms with Gasteiger partial charge in [0.1, 0.15) is 0 Å². The van der Waals surface area contributed by atoms with Gasteiger partial charge in [-0.2, -0.15) is 0 Å². The van der Waals surface area contributed by atoms with Gasteiger partial charge in [0.05, 0.1) is 9.52 Å². The normalized spacial score (nSPS) is 11.3. The van der Waals surface area contributed by atoms with Crippen molar-refractivity contribution in [2.24, 2.45) is 0 Å². The van der Waals surface area contributed by atoms with E-state index in [0.29, 0.717) is 5.03 Å². The Morgan fingerprint density at radius 2 is 2.00 bits per heavy atom. The maximum atomic E-state index is 5.47. The van der Waals surface area contributed by atoms with Crippen LogP contribution in [0.2, 0.25) is 6.55 Å². The average molecular weight is 159 g/mol. The summed E-state index contributed by atoms with van der Waals surface area (Å²) in [5, 5.41) is 1.77. The molecule has 0 N–H and O–H groups in total.